The van der Waals surface area contributed by atoms with Crippen LogP contribution in [0.2, 0.25) is 0 Å². The lowest BCUT2D eigenvalue weighted by atomic mass is 10.3. The van der Waals surface area contributed by atoms with Crippen LogP contribution >= 0.6 is 11.3 Å². The van der Waals surface area contributed by atoms with E-state index in [0.717, 1.165) is 28.1 Å². The van der Waals surface area contributed by atoms with E-state index >= 15 is 0 Å². The molecular weight excluding hydrogens is 340 g/mol. The molecule has 0 atom stereocenters. The Hall–Kier alpha value is -2.81. The van der Waals surface area contributed by atoms with E-state index in [9.17, 15) is 10.1 Å². The van der Waals surface area contributed by atoms with E-state index in [1.165, 1.54) is 6.20 Å². The quantitative estimate of drug-likeness (QED) is 0.535. The monoisotopic (exact) mass is 356 g/mol. The average molecular weight is 356 g/mol. The van der Waals surface area contributed by atoms with Crippen molar-refractivity contribution < 1.29 is 4.92 Å². The summed E-state index contributed by atoms with van der Waals surface area (Å²) in [4.78, 5) is 25.7. The van der Waals surface area contributed by atoms with Crippen LogP contribution in [0.25, 0.3) is 10.2 Å². The van der Waals surface area contributed by atoms with Gasteiger partial charge < -0.3 is 10.2 Å². The van der Waals surface area contributed by atoms with Crippen molar-refractivity contribution in [2.45, 2.75) is 25.4 Å². The highest BCUT2D eigenvalue weighted by molar-refractivity contribution is 7.18. The first-order chi connectivity index (χ1) is 12.1. The summed E-state index contributed by atoms with van der Waals surface area (Å²) in [5.74, 6) is 0.724. The fourth-order valence-electron chi connectivity index (χ4n) is 2.47. The molecule has 1 N–H and O–H groups in total. The molecule has 1 aromatic carbocycles. The van der Waals surface area contributed by atoms with Gasteiger partial charge in [-0.15, -0.1) is 11.3 Å². The zero-order chi connectivity index (χ0) is 17.4. The molecule has 0 spiro atoms. The Morgan fingerprint density at radius 3 is 2.88 bits per heavy atom. The minimum atomic E-state index is -0.456. The number of benzene rings is 1. The third-order valence-corrected chi connectivity index (χ3v) is 4.94. The number of fused-ring (bicyclic) bond motifs is 1. The van der Waals surface area contributed by atoms with Crippen LogP contribution in [0.4, 0.5) is 17.5 Å². The first-order valence-corrected chi connectivity index (χ1v) is 8.75. The van der Waals surface area contributed by atoms with Crippen molar-refractivity contribution in [1.82, 2.24) is 15.0 Å². The van der Waals surface area contributed by atoms with Gasteiger partial charge in [-0.2, -0.15) is 4.98 Å². The molecule has 0 saturated heterocycles. The number of hydrogen-bond acceptors (Lipinski definition) is 8. The summed E-state index contributed by atoms with van der Waals surface area (Å²) >= 11 is 1.62. The number of nitrogens with zero attached hydrogens (tertiary/aromatic N) is 5. The predicted octanol–water partition coefficient (Wildman–Crippen LogP) is 3.21. The number of hydrogen-bond donors (Lipinski definition) is 1. The van der Waals surface area contributed by atoms with Crippen LogP contribution < -0.4 is 10.2 Å². The van der Waals surface area contributed by atoms with E-state index in [2.05, 4.69) is 20.3 Å². The molecule has 2 aromatic heterocycles. The fourth-order valence-corrected chi connectivity index (χ4v) is 3.49. The smallest absolute Gasteiger partial charge is 0.329 e. The molecule has 0 amide bonds. The number of nitro groups is 1. The zero-order valence-corrected chi connectivity index (χ0v) is 14.4. The molecule has 3 aromatic rings. The lowest BCUT2D eigenvalue weighted by Crippen LogP contribution is -2.20. The zero-order valence-electron chi connectivity index (χ0n) is 13.5. The molecule has 9 heteroatoms. The van der Waals surface area contributed by atoms with Crippen LogP contribution in [0, 0.1) is 10.1 Å². The van der Waals surface area contributed by atoms with Gasteiger partial charge in [0, 0.05) is 13.1 Å². The molecule has 25 heavy (non-hydrogen) atoms. The van der Waals surface area contributed by atoms with Crippen LogP contribution in [-0.4, -0.2) is 33.0 Å². The second-order valence-corrected chi connectivity index (χ2v) is 7.13. The molecule has 8 nitrogen and oxygen atoms in total. The van der Waals surface area contributed by atoms with E-state index in [-0.39, 0.29) is 17.5 Å². The van der Waals surface area contributed by atoms with E-state index < -0.39 is 4.92 Å². The lowest BCUT2D eigenvalue weighted by Gasteiger charge is -2.16. The van der Waals surface area contributed by atoms with E-state index in [1.807, 2.05) is 36.2 Å². The average Bonchev–Trinajstić information content (AvgIpc) is 3.31. The Morgan fingerprint density at radius 2 is 2.16 bits per heavy atom. The molecule has 0 radical (unpaired) electrons. The standard InChI is InChI=1S/C16H16N6O2S/c1-21(9-14-19-11-4-2-3-5-13(11)25-14)16-17-8-12(22(23)24)15(20-16)18-10-6-7-10/h2-5,8,10H,6-7,9H2,1H3,(H,17,18,20). The number of para-hydroxylation sites is 1. The maximum Gasteiger partial charge on any atom is 0.329 e. The molecule has 128 valence electrons. The number of nitrogens with one attached hydrogen (secondary N) is 1. The highest BCUT2D eigenvalue weighted by Crippen LogP contribution is 2.30. The van der Waals surface area contributed by atoms with Crippen molar-refractivity contribution in [2.24, 2.45) is 0 Å². The highest BCUT2D eigenvalue weighted by atomic mass is 32.1. The molecular formula is C16H16N6O2S. The Bertz CT molecular complexity index is 906. The van der Waals surface area contributed by atoms with Gasteiger partial charge in [-0.1, -0.05) is 12.1 Å². The summed E-state index contributed by atoms with van der Waals surface area (Å²) in [7, 11) is 1.86. The number of aromatic nitrogens is 3. The largest absolute Gasteiger partial charge is 0.361 e. The molecule has 0 unspecified atom stereocenters. The Kier molecular flexibility index (Phi) is 3.92. The second-order valence-electron chi connectivity index (χ2n) is 6.01. The predicted molar refractivity (Wildman–Crippen MR) is 97.1 cm³/mol. The minimum Gasteiger partial charge on any atom is -0.361 e. The Labute approximate surface area is 147 Å². The molecule has 1 aliphatic rings. The number of thiazole rings is 1. The van der Waals surface area contributed by atoms with Crippen molar-refractivity contribution in [3.63, 3.8) is 0 Å². The molecule has 1 saturated carbocycles. The molecule has 1 fully saturated rings. The summed E-state index contributed by atoms with van der Waals surface area (Å²) in [6, 6.07) is 8.25. The third kappa shape index (κ3) is 3.36. The van der Waals surface area contributed by atoms with Crippen LogP contribution in [0.1, 0.15) is 17.8 Å². The minimum absolute atomic E-state index is 0.0935. The van der Waals surface area contributed by atoms with Gasteiger partial charge in [-0.25, -0.2) is 9.97 Å². The maximum atomic E-state index is 11.2. The summed E-state index contributed by atoms with van der Waals surface area (Å²) in [5, 5.41) is 15.2. The molecule has 1 aliphatic carbocycles. The summed E-state index contributed by atoms with van der Waals surface area (Å²) in [6.07, 6.45) is 3.29. The van der Waals surface area contributed by atoms with Crippen LogP contribution in [-0.2, 0) is 6.54 Å². The first-order valence-electron chi connectivity index (χ1n) is 7.94. The van der Waals surface area contributed by atoms with Gasteiger partial charge in [0.1, 0.15) is 11.2 Å². The van der Waals surface area contributed by atoms with Gasteiger partial charge >= 0.3 is 5.69 Å². The first kappa shape index (κ1) is 15.7. The third-order valence-electron chi connectivity index (χ3n) is 3.92. The van der Waals surface area contributed by atoms with Crippen molar-refractivity contribution in [3.8, 4) is 0 Å². The summed E-state index contributed by atoms with van der Waals surface area (Å²) in [6.45, 7) is 0.542. The van der Waals surface area contributed by atoms with Gasteiger partial charge in [0.15, 0.2) is 0 Å². The van der Waals surface area contributed by atoms with Crippen molar-refractivity contribution in [2.75, 3.05) is 17.3 Å². The van der Waals surface area contributed by atoms with Crippen molar-refractivity contribution in [3.05, 3.63) is 45.6 Å². The Balaban J connectivity index is 1.58. The Morgan fingerprint density at radius 1 is 1.36 bits per heavy atom. The van der Waals surface area contributed by atoms with Gasteiger partial charge in [-0.3, -0.25) is 10.1 Å². The van der Waals surface area contributed by atoms with Crippen LogP contribution in [0.15, 0.2) is 30.5 Å². The lowest BCUT2D eigenvalue weighted by molar-refractivity contribution is -0.384. The van der Waals surface area contributed by atoms with Crippen molar-refractivity contribution in [1.29, 1.82) is 0 Å². The van der Waals surface area contributed by atoms with E-state index in [1.54, 1.807) is 11.3 Å². The van der Waals surface area contributed by atoms with Gasteiger partial charge in [-0.05, 0) is 25.0 Å². The van der Waals surface area contributed by atoms with E-state index in [4.69, 9.17) is 0 Å². The van der Waals surface area contributed by atoms with Gasteiger partial charge in [0.2, 0.25) is 11.8 Å². The molecule has 4 rings (SSSR count). The highest BCUT2D eigenvalue weighted by Gasteiger charge is 2.27. The molecule has 0 bridgehead atoms. The van der Waals surface area contributed by atoms with E-state index in [0.29, 0.717) is 12.5 Å². The summed E-state index contributed by atoms with van der Waals surface area (Å²) in [5.41, 5.74) is 0.876. The fraction of sp³-hybridized carbons (Fsp3) is 0.312. The van der Waals surface area contributed by atoms with Crippen LogP contribution in [0.5, 0.6) is 0 Å². The normalized spacial score (nSPS) is 13.8. The SMILES string of the molecule is CN(Cc1nc2ccccc2s1)c1ncc([N+](=O)[O-])c(NC2CC2)n1. The summed E-state index contributed by atoms with van der Waals surface area (Å²) < 4.78 is 1.13. The molecule has 0 aliphatic heterocycles. The second kappa shape index (κ2) is 6.25. The maximum absolute atomic E-state index is 11.2. The van der Waals surface area contributed by atoms with Crippen molar-refractivity contribution >= 4 is 39.0 Å². The number of rotatable bonds is 6. The molecule has 2 heterocycles. The van der Waals surface area contributed by atoms with Gasteiger partial charge in [0.05, 0.1) is 21.7 Å². The van der Waals surface area contributed by atoms with Crippen LogP contribution in [0.3, 0.4) is 0 Å². The van der Waals surface area contributed by atoms with Gasteiger partial charge in [0.25, 0.3) is 0 Å². The topological polar surface area (TPSA) is 97.1 Å². The number of anilines is 2.